The molecule has 31 heavy (non-hydrogen) atoms. The summed E-state index contributed by atoms with van der Waals surface area (Å²) in [6.07, 6.45) is 1.10. The van der Waals surface area contributed by atoms with E-state index in [0.29, 0.717) is 5.69 Å². The van der Waals surface area contributed by atoms with Crippen LogP contribution in [0.4, 0.5) is 16.2 Å². The van der Waals surface area contributed by atoms with Crippen molar-refractivity contribution in [1.82, 2.24) is 10.9 Å². The van der Waals surface area contributed by atoms with Crippen LogP contribution >= 0.6 is 0 Å². The first-order valence-electron chi connectivity index (χ1n) is 9.20. The lowest BCUT2D eigenvalue weighted by Gasteiger charge is -2.29. The molecule has 1 heterocycles. The average Bonchev–Trinajstić information content (AvgIpc) is 2.71. The number of carbonyl (C=O) groups excluding carboxylic acids is 4. The monoisotopic (exact) mass is 424 g/mol. The van der Waals surface area contributed by atoms with E-state index in [2.05, 4.69) is 21.5 Å². The zero-order valence-corrected chi connectivity index (χ0v) is 16.7. The lowest BCUT2D eigenvalue weighted by atomic mass is 10.1. The van der Waals surface area contributed by atoms with E-state index in [0.717, 1.165) is 6.20 Å². The molecule has 0 radical (unpaired) electrons. The maximum atomic E-state index is 12.5. The standard InChI is InChI=1S/C21H20N4O6/c1-21(2)30-18(27)15(19(28)31-21)12-22-16-11-7-6-10-14(16)17(26)24-25-20(29)23-13-8-4-3-5-9-13/h3-12,22H,1-2H3,(H,24,26)(H2,23,25,29). The van der Waals surface area contributed by atoms with Gasteiger partial charge in [0.15, 0.2) is 5.57 Å². The van der Waals surface area contributed by atoms with E-state index in [4.69, 9.17) is 9.47 Å². The summed E-state index contributed by atoms with van der Waals surface area (Å²) in [7, 11) is 0. The number of hydrogen-bond donors (Lipinski definition) is 4. The quantitative estimate of drug-likeness (QED) is 0.256. The number of carbonyl (C=O) groups is 4. The number of ether oxygens (including phenoxy) is 2. The van der Waals surface area contributed by atoms with E-state index in [9.17, 15) is 19.2 Å². The molecule has 0 unspecified atom stereocenters. The Bertz CT molecular complexity index is 1030. The number of amides is 3. The van der Waals surface area contributed by atoms with E-state index >= 15 is 0 Å². The fourth-order valence-corrected chi connectivity index (χ4v) is 2.60. The zero-order chi connectivity index (χ0) is 22.4. The Morgan fingerprint density at radius 3 is 2.16 bits per heavy atom. The molecule has 1 fully saturated rings. The Morgan fingerprint density at radius 1 is 0.871 bits per heavy atom. The molecule has 2 aromatic carbocycles. The molecular formula is C21H20N4O6. The third-order valence-electron chi connectivity index (χ3n) is 3.98. The molecule has 0 aromatic heterocycles. The molecule has 0 saturated carbocycles. The summed E-state index contributed by atoms with van der Waals surface area (Å²) in [5, 5.41) is 5.28. The molecule has 3 rings (SSSR count). The van der Waals surface area contributed by atoms with Crippen molar-refractivity contribution in [3.8, 4) is 0 Å². The number of hydrogen-bond acceptors (Lipinski definition) is 7. The van der Waals surface area contributed by atoms with Crippen molar-refractivity contribution < 1.29 is 28.7 Å². The van der Waals surface area contributed by atoms with Gasteiger partial charge in [0.2, 0.25) is 0 Å². The zero-order valence-electron chi connectivity index (χ0n) is 16.7. The number of nitrogens with one attached hydrogen (secondary N) is 4. The summed E-state index contributed by atoms with van der Waals surface area (Å²) in [6.45, 7) is 2.88. The van der Waals surface area contributed by atoms with E-state index in [1.807, 2.05) is 0 Å². The first-order valence-corrected chi connectivity index (χ1v) is 9.20. The first kappa shape index (κ1) is 21.4. The largest absolute Gasteiger partial charge is 0.419 e. The number of rotatable bonds is 4. The second-order valence-electron chi connectivity index (χ2n) is 6.83. The van der Waals surface area contributed by atoms with Gasteiger partial charge in [-0.05, 0) is 24.3 Å². The minimum Gasteiger partial charge on any atom is -0.419 e. The SMILES string of the molecule is CC1(C)OC(=O)C(=CNc2ccccc2C(=O)NNC(=O)Nc2ccccc2)C(=O)O1. The van der Waals surface area contributed by atoms with Gasteiger partial charge in [-0.3, -0.25) is 10.2 Å². The molecule has 4 N–H and O–H groups in total. The van der Waals surface area contributed by atoms with Crippen molar-refractivity contribution in [3.05, 3.63) is 71.9 Å². The molecule has 160 valence electrons. The van der Waals surface area contributed by atoms with E-state index in [1.54, 1.807) is 48.5 Å². The number of benzene rings is 2. The molecule has 3 amide bonds. The smallest absolute Gasteiger partial charge is 0.350 e. The van der Waals surface area contributed by atoms with Crippen molar-refractivity contribution in [1.29, 1.82) is 0 Å². The Hall–Kier alpha value is -4.34. The summed E-state index contributed by atoms with van der Waals surface area (Å²) in [6, 6.07) is 14.4. The van der Waals surface area contributed by atoms with Crippen LogP contribution in [0.3, 0.4) is 0 Å². The van der Waals surface area contributed by atoms with Crippen LogP contribution in [0.25, 0.3) is 0 Å². The predicted octanol–water partition coefficient (Wildman–Crippen LogP) is 2.29. The summed E-state index contributed by atoms with van der Waals surface area (Å²) in [5.74, 6) is -3.68. The molecule has 10 nitrogen and oxygen atoms in total. The normalized spacial score (nSPS) is 14.6. The summed E-state index contributed by atoms with van der Waals surface area (Å²) in [5.41, 5.74) is 5.16. The first-order chi connectivity index (χ1) is 14.7. The average molecular weight is 424 g/mol. The van der Waals surface area contributed by atoms with Gasteiger partial charge in [0.25, 0.3) is 11.7 Å². The molecule has 1 aliphatic heterocycles. The van der Waals surface area contributed by atoms with Gasteiger partial charge in [-0.25, -0.2) is 19.8 Å². The number of anilines is 2. The van der Waals surface area contributed by atoms with Crippen LogP contribution in [-0.2, 0) is 19.1 Å². The van der Waals surface area contributed by atoms with Crippen LogP contribution in [0, 0.1) is 0 Å². The number of hydrazine groups is 1. The molecule has 0 atom stereocenters. The Morgan fingerprint density at radius 2 is 1.48 bits per heavy atom. The number of urea groups is 1. The Labute approximate surface area is 177 Å². The van der Waals surface area contributed by atoms with Gasteiger partial charge < -0.3 is 20.1 Å². The molecule has 0 aliphatic carbocycles. The lowest BCUT2D eigenvalue weighted by molar-refractivity contribution is -0.222. The summed E-state index contributed by atoms with van der Waals surface area (Å²) in [4.78, 5) is 48.5. The van der Waals surface area contributed by atoms with Crippen molar-refractivity contribution in [2.24, 2.45) is 0 Å². The van der Waals surface area contributed by atoms with Crippen LogP contribution in [0.2, 0.25) is 0 Å². The van der Waals surface area contributed by atoms with Gasteiger partial charge in [0.05, 0.1) is 11.3 Å². The second-order valence-corrected chi connectivity index (χ2v) is 6.83. The minimum atomic E-state index is -1.35. The lowest BCUT2D eigenvalue weighted by Crippen LogP contribution is -2.44. The van der Waals surface area contributed by atoms with Crippen LogP contribution in [0.5, 0.6) is 0 Å². The highest BCUT2D eigenvalue weighted by molar-refractivity contribution is 6.15. The molecule has 2 aromatic rings. The van der Waals surface area contributed by atoms with E-state index in [-0.39, 0.29) is 16.8 Å². The number of cyclic esters (lactones) is 2. The van der Waals surface area contributed by atoms with E-state index in [1.165, 1.54) is 19.9 Å². The predicted molar refractivity (Wildman–Crippen MR) is 110 cm³/mol. The van der Waals surface area contributed by atoms with Crippen LogP contribution in [-0.4, -0.2) is 29.7 Å². The highest BCUT2D eigenvalue weighted by atomic mass is 16.7. The van der Waals surface area contributed by atoms with Crippen LogP contribution in [0.1, 0.15) is 24.2 Å². The number of para-hydroxylation sites is 2. The topological polar surface area (TPSA) is 135 Å². The highest BCUT2D eigenvalue weighted by Gasteiger charge is 2.39. The third-order valence-corrected chi connectivity index (χ3v) is 3.98. The van der Waals surface area contributed by atoms with Gasteiger partial charge in [-0.2, -0.15) is 0 Å². The van der Waals surface area contributed by atoms with Gasteiger partial charge in [-0.15, -0.1) is 0 Å². The molecule has 10 heteroatoms. The van der Waals surface area contributed by atoms with Gasteiger partial charge >= 0.3 is 18.0 Å². The second kappa shape index (κ2) is 8.99. The Kier molecular flexibility index (Phi) is 6.20. The maximum absolute atomic E-state index is 12.5. The van der Waals surface area contributed by atoms with Crippen molar-refractivity contribution in [3.63, 3.8) is 0 Å². The molecule has 0 bridgehead atoms. The summed E-state index contributed by atoms with van der Waals surface area (Å²) < 4.78 is 10.0. The van der Waals surface area contributed by atoms with Gasteiger partial charge in [-0.1, -0.05) is 30.3 Å². The van der Waals surface area contributed by atoms with Crippen molar-refractivity contribution >= 4 is 35.3 Å². The molecule has 1 aliphatic rings. The fraction of sp³-hybridized carbons (Fsp3) is 0.143. The summed E-state index contributed by atoms with van der Waals surface area (Å²) >= 11 is 0. The van der Waals surface area contributed by atoms with Crippen molar-refractivity contribution in [2.75, 3.05) is 10.6 Å². The molecular weight excluding hydrogens is 404 g/mol. The fourth-order valence-electron chi connectivity index (χ4n) is 2.60. The van der Waals surface area contributed by atoms with Gasteiger partial charge in [0, 0.05) is 25.7 Å². The molecule has 1 saturated heterocycles. The van der Waals surface area contributed by atoms with Gasteiger partial charge in [0.1, 0.15) is 0 Å². The van der Waals surface area contributed by atoms with Crippen LogP contribution < -0.4 is 21.5 Å². The van der Waals surface area contributed by atoms with E-state index < -0.39 is 29.7 Å². The van der Waals surface area contributed by atoms with Crippen LogP contribution in [0.15, 0.2) is 66.4 Å². The Balaban J connectivity index is 1.64. The minimum absolute atomic E-state index is 0.150. The highest BCUT2D eigenvalue weighted by Crippen LogP contribution is 2.23. The molecule has 0 spiro atoms. The number of esters is 2. The van der Waals surface area contributed by atoms with Crippen molar-refractivity contribution in [2.45, 2.75) is 19.6 Å². The third kappa shape index (κ3) is 5.60. The maximum Gasteiger partial charge on any atom is 0.350 e.